The number of thiophene rings is 1. The van der Waals surface area contributed by atoms with Crippen molar-refractivity contribution in [2.75, 3.05) is 42.5 Å². The molecule has 2 atom stereocenters. The summed E-state index contributed by atoms with van der Waals surface area (Å²) in [5, 5.41) is 3.63. The van der Waals surface area contributed by atoms with Crippen LogP contribution in [0.25, 0.3) is 0 Å². The van der Waals surface area contributed by atoms with Gasteiger partial charge in [0.15, 0.2) is 0 Å². The molecule has 35 heavy (non-hydrogen) atoms. The number of rotatable bonds is 9. The Bertz CT molecular complexity index is 1040. The molecule has 6 nitrogen and oxygen atoms in total. The van der Waals surface area contributed by atoms with Gasteiger partial charge in [0.2, 0.25) is 5.91 Å². The van der Waals surface area contributed by atoms with Gasteiger partial charge in [-0.1, -0.05) is 37.0 Å². The van der Waals surface area contributed by atoms with E-state index < -0.39 is 0 Å². The first-order valence-electron chi connectivity index (χ1n) is 12.5. The number of piperidine rings is 1. The Labute approximate surface area is 222 Å². The van der Waals surface area contributed by atoms with E-state index in [4.69, 9.17) is 23.2 Å². The quantitative estimate of drug-likeness (QED) is 0.447. The van der Waals surface area contributed by atoms with Gasteiger partial charge in [0, 0.05) is 37.8 Å². The molecule has 0 spiro atoms. The Morgan fingerprint density at radius 2 is 1.97 bits per heavy atom. The van der Waals surface area contributed by atoms with Gasteiger partial charge in [-0.05, 0) is 69.1 Å². The molecule has 2 unspecified atom stereocenters. The van der Waals surface area contributed by atoms with Crippen molar-refractivity contribution in [3.8, 4) is 0 Å². The summed E-state index contributed by atoms with van der Waals surface area (Å²) in [6.45, 7) is 9.10. The first kappa shape index (κ1) is 26.3. The van der Waals surface area contributed by atoms with Crippen LogP contribution in [0, 0.1) is 0 Å². The normalized spacial score (nSPS) is 20.7. The number of anilines is 2. The Hall–Kier alpha value is -1.80. The van der Waals surface area contributed by atoms with Crippen LogP contribution < -0.4 is 15.1 Å². The van der Waals surface area contributed by atoms with Gasteiger partial charge in [0.1, 0.15) is 0 Å². The van der Waals surface area contributed by atoms with Crippen LogP contribution in [0.3, 0.4) is 0 Å². The molecule has 0 saturated carbocycles. The van der Waals surface area contributed by atoms with E-state index in [-0.39, 0.29) is 24.3 Å². The zero-order valence-corrected chi connectivity index (χ0v) is 22.8. The van der Waals surface area contributed by atoms with Crippen LogP contribution in [0.4, 0.5) is 11.4 Å². The second-order valence-electron chi connectivity index (χ2n) is 9.28. The highest BCUT2D eigenvalue weighted by molar-refractivity contribution is 7.18. The van der Waals surface area contributed by atoms with Gasteiger partial charge in [-0.3, -0.25) is 9.59 Å². The molecule has 2 aliphatic heterocycles. The molecule has 2 aromatic rings. The second kappa shape index (κ2) is 12.0. The van der Waals surface area contributed by atoms with Crippen LogP contribution in [-0.4, -0.2) is 61.5 Å². The number of nitrogens with zero attached hydrogens (tertiary/aromatic N) is 3. The van der Waals surface area contributed by atoms with Crippen molar-refractivity contribution in [1.29, 1.82) is 0 Å². The summed E-state index contributed by atoms with van der Waals surface area (Å²) >= 11 is 14.0. The third-order valence-corrected chi connectivity index (χ3v) is 8.64. The summed E-state index contributed by atoms with van der Waals surface area (Å²) in [4.78, 5) is 32.4. The first-order chi connectivity index (χ1) is 16.9. The zero-order valence-electron chi connectivity index (χ0n) is 20.4. The van der Waals surface area contributed by atoms with Crippen molar-refractivity contribution in [2.24, 2.45) is 0 Å². The molecule has 0 bridgehead atoms. The van der Waals surface area contributed by atoms with Gasteiger partial charge >= 0.3 is 0 Å². The van der Waals surface area contributed by atoms with Crippen molar-refractivity contribution in [3.63, 3.8) is 0 Å². The fourth-order valence-corrected chi connectivity index (χ4v) is 6.36. The highest BCUT2D eigenvalue weighted by Crippen LogP contribution is 2.36. The predicted molar refractivity (Wildman–Crippen MR) is 146 cm³/mol. The minimum absolute atomic E-state index is 0.0154. The summed E-state index contributed by atoms with van der Waals surface area (Å²) in [6.07, 6.45) is 5.00. The standard InChI is InChI=1S/C26H34Cl2N4O2S/c1-3-30(4-2)14-12-19-7-5-6-13-31(19)22-9-8-20(16-21(22)27)32-17-18(15-25(32)33)29-26(34)23-10-11-24(28)35-23/h8-11,16,18-19H,3-7,12-15,17H2,1-2H3,(H,29,34). The second-order valence-corrected chi connectivity index (χ2v) is 11.4. The van der Waals surface area contributed by atoms with Gasteiger partial charge in [-0.2, -0.15) is 0 Å². The molecule has 2 amide bonds. The van der Waals surface area contributed by atoms with Crippen LogP contribution in [0.2, 0.25) is 9.36 Å². The van der Waals surface area contributed by atoms with Gasteiger partial charge < -0.3 is 20.0 Å². The lowest BCUT2D eigenvalue weighted by Gasteiger charge is -2.39. The molecule has 1 aromatic carbocycles. The van der Waals surface area contributed by atoms with Crippen molar-refractivity contribution in [2.45, 2.75) is 58.0 Å². The van der Waals surface area contributed by atoms with E-state index in [1.807, 2.05) is 12.1 Å². The predicted octanol–water partition coefficient (Wildman–Crippen LogP) is 5.68. The number of nitrogens with one attached hydrogen (secondary N) is 1. The number of halogens is 2. The minimum Gasteiger partial charge on any atom is -0.367 e. The molecular formula is C26H34Cl2N4O2S. The number of benzene rings is 1. The highest BCUT2D eigenvalue weighted by Gasteiger charge is 2.33. The van der Waals surface area contributed by atoms with Gasteiger partial charge in [-0.25, -0.2) is 0 Å². The fourth-order valence-electron chi connectivity index (χ4n) is 5.13. The maximum Gasteiger partial charge on any atom is 0.261 e. The Morgan fingerprint density at radius 3 is 2.66 bits per heavy atom. The molecule has 0 radical (unpaired) electrons. The average Bonchev–Trinajstić information content (AvgIpc) is 3.45. The largest absolute Gasteiger partial charge is 0.367 e. The van der Waals surface area contributed by atoms with E-state index in [0.717, 1.165) is 44.0 Å². The smallest absolute Gasteiger partial charge is 0.261 e. The SMILES string of the molecule is CCN(CC)CCC1CCCCN1c1ccc(N2CC(NC(=O)c3ccc(Cl)s3)CC2=O)cc1Cl. The fraction of sp³-hybridized carbons (Fsp3) is 0.538. The summed E-state index contributed by atoms with van der Waals surface area (Å²) in [5.41, 5.74) is 1.82. The lowest BCUT2D eigenvalue weighted by Crippen LogP contribution is -2.42. The average molecular weight is 538 g/mol. The molecular weight excluding hydrogens is 503 g/mol. The zero-order chi connectivity index (χ0) is 24.9. The number of carbonyl (C=O) groups excluding carboxylic acids is 2. The van der Waals surface area contributed by atoms with Crippen molar-refractivity contribution in [1.82, 2.24) is 10.2 Å². The maximum absolute atomic E-state index is 12.8. The van der Waals surface area contributed by atoms with Crippen LogP contribution in [0.15, 0.2) is 30.3 Å². The summed E-state index contributed by atoms with van der Waals surface area (Å²) in [5.74, 6) is -0.214. The maximum atomic E-state index is 12.8. The number of hydrogen-bond donors (Lipinski definition) is 1. The molecule has 1 aromatic heterocycles. The number of carbonyl (C=O) groups is 2. The van der Waals surface area contributed by atoms with Crippen molar-refractivity contribution in [3.05, 3.63) is 44.6 Å². The van der Waals surface area contributed by atoms with E-state index in [0.29, 0.717) is 26.8 Å². The molecule has 9 heteroatoms. The molecule has 0 aliphatic carbocycles. The van der Waals surface area contributed by atoms with Crippen LogP contribution in [0.1, 0.15) is 55.6 Å². The Balaban J connectivity index is 1.42. The third-order valence-electron chi connectivity index (χ3n) is 7.11. The highest BCUT2D eigenvalue weighted by atomic mass is 35.5. The molecule has 2 saturated heterocycles. The van der Waals surface area contributed by atoms with E-state index in [2.05, 4.69) is 35.0 Å². The lowest BCUT2D eigenvalue weighted by molar-refractivity contribution is -0.117. The topological polar surface area (TPSA) is 55.9 Å². The van der Waals surface area contributed by atoms with Crippen LogP contribution >= 0.6 is 34.5 Å². The molecule has 2 aliphatic rings. The van der Waals surface area contributed by atoms with E-state index >= 15 is 0 Å². The molecule has 4 rings (SSSR count). The van der Waals surface area contributed by atoms with Crippen LogP contribution in [-0.2, 0) is 4.79 Å². The van der Waals surface area contributed by atoms with Crippen LogP contribution in [0.5, 0.6) is 0 Å². The van der Waals surface area contributed by atoms with E-state index in [1.54, 1.807) is 17.0 Å². The minimum atomic E-state index is -0.249. The van der Waals surface area contributed by atoms with Gasteiger partial charge in [0.25, 0.3) is 5.91 Å². The van der Waals surface area contributed by atoms with Gasteiger partial charge in [-0.15, -0.1) is 11.3 Å². The third kappa shape index (κ3) is 6.31. The lowest BCUT2D eigenvalue weighted by atomic mass is 9.98. The number of hydrogen-bond acceptors (Lipinski definition) is 5. The van der Waals surface area contributed by atoms with Crippen molar-refractivity contribution >= 4 is 57.7 Å². The van der Waals surface area contributed by atoms with E-state index in [1.165, 1.54) is 30.6 Å². The number of amides is 2. The summed E-state index contributed by atoms with van der Waals surface area (Å²) in [6, 6.07) is 9.57. The molecule has 2 fully saturated rings. The Kier molecular flexibility index (Phi) is 8.97. The van der Waals surface area contributed by atoms with Crippen molar-refractivity contribution < 1.29 is 9.59 Å². The summed E-state index contributed by atoms with van der Waals surface area (Å²) < 4.78 is 0.568. The van der Waals surface area contributed by atoms with E-state index in [9.17, 15) is 9.59 Å². The summed E-state index contributed by atoms with van der Waals surface area (Å²) in [7, 11) is 0. The molecule has 3 heterocycles. The molecule has 190 valence electrons. The first-order valence-corrected chi connectivity index (χ1v) is 14.1. The van der Waals surface area contributed by atoms with Gasteiger partial charge in [0.05, 0.1) is 26.0 Å². The monoisotopic (exact) mass is 536 g/mol. The molecule has 1 N–H and O–H groups in total. The Morgan fingerprint density at radius 1 is 1.17 bits per heavy atom.